The van der Waals surface area contributed by atoms with Crippen molar-refractivity contribution in [1.82, 2.24) is 15.6 Å². The predicted molar refractivity (Wildman–Crippen MR) is 196 cm³/mol. The van der Waals surface area contributed by atoms with Crippen molar-refractivity contribution in [2.45, 2.75) is 51.7 Å². The molecule has 4 aromatic rings. The first kappa shape index (κ1) is 40.3. The Labute approximate surface area is 312 Å². The van der Waals surface area contributed by atoms with Gasteiger partial charge in [0.15, 0.2) is 6.10 Å². The Bertz CT molecular complexity index is 1870. The highest BCUT2D eigenvalue weighted by molar-refractivity contribution is 6.35. The van der Waals surface area contributed by atoms with Gasteiger partial charge in [0.25, 0.3) is 5.91 Å². The summed E-state index contributed by atoms with van der Waals surface area (Å²) in [4.78, 5) is 15.7. The summed E-state index contributed by atoms with van der Waals surface area (Å²) in [7, 11) is 0. The maximum atomic E-state index is 11.6. The topological polar surface area (TPSA) is 186 Å². The summed E-state index contributed by atoms with van der Waals surface area (Å²) >= 11 is 13.5. The fraction of sp³-hybridized carbons (Fsp3) is 0.342. The standard InChI is InChI=1S/C38H42Cl2N4O8/c1-24-27(6-3-7-29(24)30-8-4-9-33(36(30)40)50-11-5-10-43-37(49)32(48)19-45)21-52-35-14-34(51-20-26-12-25(15-41)16-42-17-26)28(13-31(35)39)18-44-38(2,22-46)23-47/h3-4,6-9,12-14,16-17,32,44-48H,5,10-11,18-23H2,1-2H3,(H,43,49). The van der Waals surface area contributed by atoms with Crippen LogP contribution in [0.4, 0.5) is 0 Å². The van der Waals surface area contributed by atoms with Crippen molar-refractivity contribution in [3.63, 3.8) is 0 Å². The van der Waals surface area contributed by atoms with Crippen LogP contribution in [0.2, 0.25) is 10.0 Å². The first-order chi connectivity index (χ1) is 25.0. The molecule has 0 radical (unpaired) electrons. The van der Waals surface area contributed by atoms with Gasteiger partial charge >= 0.3 is 0 Å². The number of hydrogen-bond donors (Lipinski definition) is 6. The maximum absolute atomic E-state index is 11.6. The van der Waals surface area contributed by atoms with E-state index in [0.717, 1.165) is 22.3 Å². The molecule has 1 unspecified atom stereocenters. The molecule has 0 aliphatic carbocycles. The van der Waals surface area contributed by atoms with E-state index >= 15 is 0 Å². The van der Waals surface area contributed by atoms with E-state index in [9.17, 15) is 25.4 Å². The average molecular weight is 754 g/mol. The number of nitrogens with zero attached hydrogens (tertiary/aromatic N) is 2. The van der Waals surface area contributed by atoms with Crippen LogP contribution in [0.15, 0.2) is 67.0 Å². The number of aromatic nitrogens is 1. The van der Waals surface area contributed by atoms with Gasteiger partial charge in [-0.3, -0.25) is 9.78 Å². The van der Waals surface area contributed by atoms with Gasteiger partial charge in [-0.25, -0.2) is 0 Å². The molecule has 1 aromatic heterocycles. The van der Waals surface area contributed by atoms with E-state index in [1.807, 2.05) is 37.3 Å². The minimum atomic E-state index is -1.46. The third-order valence-electron chi connectivity index (χ3n) is 8.27. The minimum absolute atomic E-state index is 0.115. The smallest absolute Gasteiger partial charge is 0.251 e. The highest BCUT2D eigenvalue weighted by Crippen LogP contribution is 2.38. The largest absolute Gasteiger partial charge is 0.492 e. The minimum Gasteiger partial charge on any atom is -0.492 e. The number of aliphatic hydroxyl groups is 4. The Morgan fingerprint density at radius 3 is 2.40 bits per heavy atom. The van der Waals surface area contributed by atoms with E-state index < -0.39 is 24.2 Å². The maximum Gasteiger partial charge on any atom is 0.251 e. The second kappa shape index (κ2) is 19.4. The lowest BCUT2D eigenvalue weighted by molar-refractivity contribution is -0.131. The van der Waals surface area contributed by atoms with E-state index in [4.69, 9.17) is 42.5 Å². The summed E-state index contributed by atoms with van der Waals surface area (Å²) in [6.45, 7) is 3.46. The molecule has 0 aliphatic rings. The number of hydrogen-bond acceptors (Lipinski definition) is 11. The van der Waals surface area contributed by atoms with Gasteiger partial charge in [0.05, 0.1) is 47.6 Å². The van der Waals surface area contributed by atoms with Crippen molar-refractivity contribution in [3.05, 3.63) is 105 Å². The van der Waals surface area contributed by atoms with E-state index in [1.54, 1.807) is 37.4 Å². The monoisotopic (exact) mass is 752 g/mol. The summed E-state index contributed by atoms with van der Waals surface area (Å²) < 4.78 is 18.3. The number of nitriles is 1. The lowest BCUT2D eigenvalue weighted by Gasteiger charge is -2.27. The number of pyridine rings is 1. The van der Waals surface area contributed by atoms with Crippen LogP contribution in [-0.2, 0) is 24.6 Å². The zero-order valence-corrected chi connectivity index (χ0v) is 30.4. The van der Waals surface area contributed by atoms with Crippen molar-refractivity contribution in [2.24, 2.45) is 0 Å². The summed E-state index contributed by atoms with van der Waals surface area (Å²) in [5.41, 5.74) is 4.27. The molecule has 1 heterocycles. The van der Waals surface area contributed by atoms with Crippen LogP contribution in [0.3, 0.4) is 0 Å². The number of carbonyl (C=O) groups is 1. The Morgan fingerprint density at radius 2 is 1.67 bits per heavy atom. The van der Waals surface area contributed by atoms with Gasteiger partial charge in [-0.1, -0.05) is 53.5 Å². The number of carbonyl (C=O) groups excluding carboxylic acids is 1. The van der Waals surface area contributed by atoms with E-state index in [-0.39, 0.29) is 46.1 Å². The lowest BCUT2D eigenvalue weighted by Crippen LogP contribution is -2.48. The zero-order valence-electron chi connectivity index (χ0n) is 28.9. The van der Waals surface area contributed by atoms with Gasteiger partial charge in [-0.05, 0) is 55.2 Å². The first-order valence-electron chi connectivity index (χ1n) is 16.5. The van der Waals surface area contributed by atoms with Gasteiger partial charge in [0.1, 0.15) is 36.5 Å². The normalized spacial score (nSPS) is 11.8. The Morgan fingerprint density at radius 1 is 0.942 bits per heavy atom. The van der Waals surface area contributed by atoms with Crippen LogP contribution >= 0.6 is 23.2 Å². The fourth-order valence-corrected chi connectivity index (χ4v) is 5.53. The van der Waals surface area contributed by atoms with Crippen LogP contribution < -0.4 is 24.8 Å². The quantitative estimate of drug-likeness (QED) is 0.0743. The second-order valence-corrected chi connectivity index (χ2v) is 13.1. The fourth-order valence-electron chi connectivity index (χ4n) is 5.00. The molecule has 52 heavy (non-hydrogen) atoms. The molecule has 276 valence electrons. The Hall–Kier alpha value is -4.45. The average Bonchev–Trinajstić information content (AvgIpc) is 3.16. The van der Waals surface area contributed by atoms with E-state index in [0.29, 0.717) is 50.4 Å². The zero-order chi connectivity index (χ0) is 37.7. The third-order valence-corrected chi connectivity index (χ3v) is 8.96. The molecule has 0 saturated carbocycles. The molecule has 1 amide bonds. The number of rotatable bonds is 19. The number of benzene rings is 3. The highest BCUT2D eigenvalue weighted by atomic mass is 35.5. The van der Waals surface area contributed by atoms with Gasteiger partial charge in [-0.2, -0.15) is 5.26 Å². The van der Waals surface area contributed by atoms with Crippen LogP contribution in [0, 0.1) is 18.3 Å². The predicted octanol–water partition coefficient (Wildman–Crippen LogP) is 4.46. The van der Waals surface area contributed by atoms with Gasteiger partial charge in [0, 0.05) is 48.2 Å². The molecule has 3 aromatic carbocycles. The van der Waals surface area contributed by atoms with Crippen molar-refractivity contribution < 1.29 is 39.4 Å². The van der Waals surface area contributed by atoms with Gasteiger partial charge < -0.3 is 45.3 Å². The molecule has 6 N–H and O–H groups in total. The van der Waals surface area contributed by atoms with Crippen molar-refractivity contribution in [2.75, 3.05) is 33.0 Å². The third kappa shape index (κ3) is 10.8. The summed E-state index contributed by atoms with van der Waals surface area (Å²) in [6, 6.07) is 18.4. The number of ether oxygens (including phenoxy) is 3. The van der Waals surface area contributed by atoms with Crippen molar-refractivity contribution in [3.8, 4) is 34.4 Å². The molecule has 12 nitrogen and oxygen atoms in total. The Kier molecular flexibility index (Phi) is 15.0. The van der Waals surface area contributed by atoms with E-state index in [1.165, 1.54) is 6.20 Å². The van der Waals surface area contributed by atoms with Crippen molar-refractivity contribution >= 4 is 29.1 Å². The molecule has 0 spiro atoms. The molecule has 4 rings (SSSR count). The number of amides is 1. The Balaban J connectivity index is 1.50. The van der Waals surface area contributed by atoms with Crippen LogP contribution in [-0.4, -0.2) is 75.9 Å². The molecule has 1 atom stereocenters. The van der Waals surface area contributed by atoms with Crippen LogP contribution in [0.1, 0.15) is 41.2 Å². The summed E-state index contributed by atoms with van der Waals surface area (Å²) in [6.07, 6.45) is 2.08. The lowest BCUT2D eigenvalue weighted by atomic mass is 9.96. The number of halogens is 2. The molecular formula is C38H42Cl2N4O8. The van der Waals surface area contributed by atoms with Crippen LogP contribution in [0.5, 0.6) is 17.2 Å². The molecule has 0 fully saturated rings. The second-order valence-electron chi connectivity index (χ2n) is 12.3. The number of aliphatic hydroxyl groups excluding tert-OH is 4. The molecule has 0 bridgehead atoms. The summed E-state index contributed by atoms with van der Waals surface area (Å²) in [5, 5.41) is 53.5. The van der Waals surface area contributed by atoms with Crippen molar-refractivity contribution in [1.29, 1.82) is 5.26 Å². The van der Waals surface area contributed by atoms with Gasteiger partial charge in [0.2, 0.25) is 0 Å². The van der Waals surface area contributed by atoms with E-state index in [2.05, 4.69) is 21.7 Å². The molecular weight excluding hydrogens is 711 g/mol. The van der Waals surface area contributed by atoms with Gasteiger partial charge in [-0.15, -0.1) is 0 Å². The SMILES string of the molecule is Cc1c(COc2cc(OCc3cncc(C#N)c3)c(CNC(C)(CO)CO)cc2Cl)cccc1-c1cccc(OCCCNC(=O)C(O)CO)c1Cl. The molecule has 0 saturated heterocycles. The highest BCUT2D eigenvalue weighted by Gasteiger charge is 2.23. The summed E-state index contributed by atoms with van der Waals surface area (Å²) in [5.74, 6) is 0.650. The number of nitrogens with one attached hydrogen (secondary N) is 2. The first-order valence-corrected chi connectivity index (χ1v) is 17.2. The van der Waals surface area contributed by atoms with Crippen LogP contribution in [0.25, 0.3) is 11.1 Å². The molecule has 14 heteroatoms. The molecule has 0 aliphatic heterocycles.